The third-order valence-electron chi connectivity index (χ3n) is 3.36. The van der Waals surface area contributed by atoms with Gasteiger partial charge in [-0.15, -0.1) is 0 Å². The molecule has 1 saturated heterocycles. The first kappa shape index (κ1) is 15.8. The van der Waals surface area contributed by atoms with E-state index in [4.69, 9.17) is 0 Å². The zero-order valence-electron chi connectivity index (χ0n) is 11.9. The van der Waals surface area contributed by atoms with Crippen molar-refractivity contribution >= 4 is 17.7 Å². The summed E-state index contributed by atoms with van der Waals surface area (Å²) in [5.74, 6) is 2.60. The third-order valence-corrected chi connectivity index (χ3v) is 4.29. The lowest BCUT2D eigenvalue weighted by atomic mass is 10.2. The van der Waals surface area contributed by atoms with Gasteiger partial charge in [-0.3, -0.25) is 4.79 Å². The van der Waals surface area contributed by atoms with Crippen LogP contribution in [0.1, 0.15) is 20.3 Å². The Morgan fingerprint density at radius 3 is 2.61 bits per heavy atom. The molecule has 4 nitrogen and oxygen atoms in total. The van der Waals surface area contributed by atoms with Gasteiger partial charge in [0.15, 0.2) is 0 Å². The average molecular weight is 273 g/mol. The first-order valence-corrected chi connectivity index (χ1v) is 8.06. The fourth-order valence-corrected chi connectivity index (χ4v) is 2.74. The number of piperazine rings is 1. The van der Waals surface area contributed by atoms with Gasteiger partial charge in [-0.2, -0.15) is 11.8 Å². The molecule has 1 N–H and O–H groups in total. The summed E-state index contributed by atoms with van der Waals surface area (Å²) in [7, 11) is 2.10. The van der Waals surface area contributed by atoms with Gasteiger partial charge in [0.2, 0.25) is 5.91 Å². The van der Waals surface area contributed by atoms with Crippen LogP contribution in [0.3, 0.4) is 0 Å². The number of thioether (sulfide) groups is 1. The zero-order valence-corrected chi connectivity index (χ0v) is 12.8. The van der Waals surface area contributed by atoms with Crippen LogP contribution in [0.25, 0.3) is 0 Å². The van der Waals surface area contributed by atoms with E-state index in [1.54, 1.807) is 0 Å². The molecule has 1 aliphatic rings. The summed E-state index contributed by atoms with van der Waals surface area (Å²) in [5, 5.41) is 3.33. The molecule has 0 bridgehead atoms. The molecule has 0 saturated carbocycles. The van der Waals surface area contributed by atoms with Gasteiger partial charge in [-0.05, 0) is 31.9 Å². The standard InChI is InChI=1S/C13H27N3OS/c1-4-18-10-5-12(2)14-11-13(17)16-8-6-15(3)7-9-16/h12,14H,4-11H2,1-3H3. The molecular weight excluding hydrogens is 246 g/mol. The molecular formula is C13H27N3OS. The van der Waals surface area contributed by atoms with Crippen LogP contribution in [0.5, 0.6) is 0 Å². The number of amides is 1. The summed E-state index contributed by atoms with van der Waals surface area (Å²) >= 11 is 1.96. The number of likely N-dealkylation sites (N-methyl/N-ethyl adjacent to an activating group) is 1. The fourth-order valence-electron chi connectivity index (χ4n) is 1.94. The van der Waals surface area contributed by atoms with E-state index in [9.17, 15) is 4.79 Å². The zero-order chi connectivity index (χ0) is 13.4. The van der Waals surface area contributed by atoms with Crippen molar-refractivity contribution in [2.24, 2.45) is 0 Å². The highest BCUT2D eigenvalue weighted by Gasteiger charge is 2.18. The van der Waals surface area contributed by atoms with Crippen LogP contribution < -0.4 is 5.32 Å². The molecule has 1 atom stereocenters. The molecule has 0 aliphatic carbocycles. The van der Waals surface area contributed by atoms with Gasteiger partial charge in [0, 0.05) is 32.2 Å². The Morgan fingerprint density at radius 2 is 2.00 bits per heavy atom. The second-order valence-corrected chi connectivity index (χ2v) is 6.35. The minimum Gasteiger partial charge on any atom is -0.339 e. The molecule has 1 amide bonds. The van der Waals surface area contributed by atoms with Gasteiger partial charge in [0.1, 0.15) is 0 Å². The summed E-state index contributed by atoms with van der Waals surface area (Å²) in [5.41, 5.74) is 0. The second-order valence-electron chi connectivity index (χ2n) is 4.95. The van der Waals surface area contributed by atoms with E-state index >= 15 is 0 Å². The van der Waals surface area contributed by atoms with Gasteiger partial charge in [-0.25, -0.2) is 0 Å². The molecule has 0 spiro atoms. The first-order valence-electron chi connectivity index (χ1n) is 6.91. The third kappa shape index (κ3) is 6.07. The fraction of sp³-hybridized carbons (Fsp3) is 0.923. The van der Waals surface area contributed by atoms with Crippen molar-refractivity contribution < 1.29 is 4.79 Å². The SMILES string of the molecule is CCSCCC(C)NCC(=O)N1CCN(C)CC1. The van der Waals surface area contributed by atoms with Gasteiger partial charge >= 0.3 is 0 Å². The van der Waals surface area contributed by atoms with Crippen molar-refractivity contribution in [1.82, 2.24) is 15.1 Å². The quantitative estimate of drug-likeness (QED) is 0.699. The van der Waals surface area contributed by atoms with Crippen LogP contribution in [-0.4, -0.2) is 73.0 Å². The highest BCUT2D eigenvalue weighted by molar-refractivity contribution is 7.99. The van der Waals surface area contributed by atoms with Crippen LogP contribution in [0, 0.1) is 0 Å². The number of nitrogens with one attached hydrogen (secondary N) is 1. The van der Waals surface area contributed by atoms with Crippen molar-refractivity contribution in [3.63, 3.8) is 0 Å². The Morgan fingerprint density at radius 1 is 1.33 bits per heavy atom. The van der Waals surface area contributed by atoms with E-state index in [1.165, 1.54) is 11.5 Å². The van der Waals surface area contributed by atoms with Crippen molar-refractivity contribution in [3.8, 4) is 0 Å². The first-order chi connectivity index (χ1) is 8.63. The number of nitrogens with zero attached hydrogens (tertiary/aromatic N) is 2. The predicted octanol–water partition coefficient (Wildman–Crippen LogP) is 0.882. The molecule has 0 aromatic rings. The van der Waals surface area contributed by atoms with Gasteiger partial charge in [0.05, 0.1) is 6.54 Å². The number of rotatable bonds is 7. The van der Waals surface area contributed by atoms with Crippen molar-refractivity contribution in [2.45, 2.75) is 26.3 Å². The largest absolute Gasteiger partial charge is 0.339 e. The molecule has 1 unspecified atom stereocenters. The molecule has 0 radical (unpaired) electrons. The molecule has 106 valence electrons. The number of carbonyl (C=O) groups is 1. The van der Waals surface area contributed by atoms with E-state index in [1.807, 2.05) is 16.7 Å². The van der Waals surface area contributed by atoms with Crippen LogP contribution in [0.2, 0.25) is 0 Å². The van der Waals surface area contributed by atoms with E-state index in [-0.39, 0.29) is 5.91 Å². The Bertz CT molecular complexity index is 242. The van der Waals surface area contributed by atoms with E-state index in [0.717, 1.165) is 32.6 Å². The number of hydrogen-bond donors (Lipinski definition) is 1. The van der Waals surface area contributed by atoms with Crippen LogP contribution >= 0.6 is 11.8 Å². The maximum absolute atomic E-state index is 12.0. The highest BCUT2D eigenvalue weighted by Crippen LogP contribution is 2.04. The number of carbonyl (C=O) groups excluding carboxylic acids is 1. The maximum atomic E-state index is 12.0. The highest BCUT2D eigenvalue weighted by atomic mass is 32.2. The van der Waals surface area contributed by atoms with Gasteiger partial charge < -0.3 is 15.1 Å². The van der Waals surface area contributed by atoms with Gasteiger partial charge in [0.25, 0.3) is 0 Å². The lowest BCUT2D eigenvalue weighted by Crippen LogP contribution is -2.50. The smallest absolute Gasteiger partial charge is 0.236 e. The summed E-state index contributed by atoms with van der Waals surface area (Å²) in [4.78, 5) is 16.2. The Balaban J connectivity index is 2.12. The van der Waals surface area contributed by atoms with E-state index < -0.39 is 0 Å². The van der Waals surface area contributed by atoms with Crippen LogP contribution in [0.15, 0.2) is 0 Å². The van der Waals surface area contributed by atoms with Crippen molar-refractivity contribution in [2.75, 3.05) is 51.3 Å². The predicted molar refractivity (Wildman–Crippen MR) is 79.2 cm³/mol. The lowest BCUT2D eigenvalue weighted by molar-refractivity contribution is -0.131. The second kappa shape index (κ2) is 8.77. The van der Waals surface area contributed by atoms with E-state index in [2.05, 4.69) is 31.1 Å². The molecule has 1 rings (SSSR count). The Labute approximate surface area is 115 Å². The summed E-state index contributed by atoms with van der Waals surface area (Å²) < 4.78 is 0. The topological polar surface area (TPSA) is 35.6 Å². The van der Waals surface area contributed by atoms with Crippen molar-refractivity contribution in [1.29, 1.82) is 0 Å². The molecule has 1 fully saturated rings. The van der Waals surface area contributed by atoms with Gasteiger partial charge in [-0.1, -0.05) is 6.92 Å². The Kier molecular flexibility index (Phi) is 7.70. The molecule has 1 aliphatic heterocycles. The minimum absolute atomic E-state index is 0.248. The summed E-state index contributed by atoms with van der Waals surface area (Å²) in [6.07, 6.45) is 1.13. The molecule has 18 heavy (non-hydrogen) atoms. The summed E-state index contributed by atoms with van der Waals surface area (Å²) in [6, 6.07) is 0.431. The maximum Gasteiger partial charge on any atom is 0.236 e. The molecule has 1 heterocycles. The summed E-state index contributed by atoms with van der Waals surface area (Å²) in [6.45, 7) is 8.56. The van der Waals surface area contributed by atoms with Crippen molar-refractivity contribution in [3.05, 3.63) is 0 Å². The average Bonchev–Trinajstić information content (AvgIpc) is 2.37. The molecule has 0 aromatic carbocycles. The minimum atomic E-state index is 0.248. The van der Waals surface area contributed by atoms with Crippen LogP contribution in [0.4, 0.5) is 0 Å². The lowest BCUT2D eigenvalue weighted by Gasteiger charge is -2.32. The normalized spacial score (nSPS) is 18.9. The molecule has 5 heteroatoms. The molecule has 0 aromatic heterocycles. The monoisotopic (exact) mass is 273 g/mol. The Hall–Kier alpha value is -0.260. The van der Waals surface area contributed by atoms with Crippen LogP contribution in [-0.2, 0) is 4.79 Å². The van der Waals surface area contributed by atoms with E-state index in [0.29, 0.717) is 12.6 Å². The number of hydrogen-bond acceptors (Lipinski definition) is 4.